The van der Waals surface area contributed by atoms with Crippen molar-refractivity contribution in [2.75, 3.05) is 18.0 Å². The Kier molecular flexibility index (Phi) is 4.21. The van der Waals surface area contributed by atoms with Crippen molar-refractivity contribution in [2.24, 2.45) is 11.1 Å². The molecule has 1 saturated heterocycles. The number of halogens is 1. The van der Waals surface area contributed by atoms with Gasteiger partial charge in [-0.25, -0.2) is 4.39 Å². The van der Waals surface area contributed by atoms with Crippen molar-refractivity contribution in [1.29, 1.82) is 0 Å². The lowest BCUT2D eigenvalue weighted by Crippen LogP contribution is -2.41. The summed E-state index contributed by atoms with van der Waals surface area (Å²) >= 11 is 0. The van der Waals surface area contributed by atoms with Gasteiger partial charge in [-0.3, -0.25) is 0 Å². The molecule has 0 radical (unpaired) electrons. The molecule has 1 aliphatic carbocycles. The maximum Gasteiger partial charge on any atom is 0.130 e. The van der Waals surface area contributed by atoms with Crippen LogP contribution in [-0.2, 0) is 0 Å². The molecule has 116 valence electrons. The van der Waals surface area contributed by atoms with Crippen LogP contribution in [0.25, 0.3) is 0 Å². The highest BCUT2D eigenvalue weighted by Crippen LogP contribution is 2.45. The molecule has 21 heavy (non-hydrogen) atoms. The molecular weight excluding hydrogens is 263 g/mol. The van der Waals surface area contributed by atoms with Gasteiger partial charge < -0.3 is 10.6 Å². The summed E-state index contributed by atoms with van der Waals surface area (Å²) < 4.78 is 14.1. The molecule has 0 aromatic heterocycles. The number of hydrogen-bond acceptors (Lipinski definition) is 2. The van der Waals surface area contributed by atoms with Crippen LogP contribution < -0.4 is 10.6 Å². The Morgan fingerprint density at radius 3 is 2.38 bits per heavy atom. The van der Waals surface area contributed by atoms with E-state index in [1.807, 2.05) is 19.1 Å². The number of anilines is 1. The molecule has 2 nitrogen and oxygen atoms in total. The molecule has 1 aliphatic heterocycles. The van der Waals surface area contributed by atoms with E-state index in [0.29, 0.717) is 11.0 Å². The maximum absolute atomic E-state index is 14.1. The van der Waals surface area contributed by atoms with Crippen molar-refractivity contribution in [3.8, 4) is 0 Å². The third-order valence-corrected chi connectivity index (χ3v) is 5.56. The molecule has 0 unspecified atom stereocenters. The van der Waals surface area contributed by atoms with Gasteiger partial charge in [-0.2, -0.15) is 0 Å². The summed E-state index contributed by atoms with van der Waals surface area (Å²) in [6.45, 7) is 3.96. The standard InChI is InChI=1S/C18H27FN2/c1-14(20)17-15(19)6-5-7-16(17)21-12-10-18(11-13-21)8-3-2-4-9-18/h5-7,14H,2-4,8-13,20H2,1H3/t14-/m1/s1. The van der Waals surface area contributed by atoms with Gasteiger partial charge in [0.2, 0.25) is 0 Å². The third kappa shape index (κ3) is 2.94. The molecule has 0 bridgehead atoms. The first kappa shape index (κ1) is 14.8. The SMILES string of the molecule is C[C@@H](N)c1c(F)cccc1N1CCC2(CCCCC2)CC1. The largest absolute Gasteiger partial charge is 0.371 e. The van der Waals surface area contributed by atoms with Gasteiger partial charge in [-0.15, -0.1) is 0 Å². The van der Waals surface area contributed by atoms with Gasteiger partial charge in [0.25, 0.3) is 0 Å². The van der Waals surface area contributed by atoms with Crippen molar-refractivity contribution in [3.63, 3.8) is 0 Å². The Labute approximate surface area is 127 Å². The van der Waals surface area contributed by atoms with Gasteiger partial charge in [-0.05, 0) is 50.2 Å². The second-order valence-corrected chi connectivity index (χ2v) is 7.01. The molecule has 3 heteroatoms. The highest BCUT2D eigenvalue weighted by atomic mass is 19.1. The van der Waals surface area contributed by atoms with Crippen LogP contribution in [0.15, 0.2) is 18.2 Å². The first-order valence-corrected chi connectivity index (χ1v) is 8.40. The van der Waals surface area contributed by atoms with Crippen LogP contribution in [0.1, 0.15) is 63.5 Å². The van der Waals surface area contributed by atoms with Crippen molar-refractivity contribution in [1.82, 2.24) is 0 Å². The van der Waals surface area contributed by atoms with E-state index >= 15 is 0 Å². The van der Waals surface area contributed by atoms with E-state index in [9.17, 15) is 4.39 Å². The maximum atomic E-state index is 14.1. The number of nitrogens with zero attached hydrogens (tertiary/aromatic N) is 1. The molecule has 1 atom stereocenters. The average molecular weight is 290 g/mol. The zero-order valence-corrected chi connectivity index (χ0v) is 13.1. The van der Waals surface area contributed by atoms with Crippen LogP contribution in [0, 0.1) is 11.2 Å². The molecule has 3 rings (SSSR count). The van der Waals surface area contributed by atoms with Crippen molar-refractivity contribution in [3.05, 3.63) is 29.6 Å². The van der Waals surface area contributed by atoms with Gasteiger partial charge in [0.05, 0.1) is 0 Å². The predicted octanol–water partition coefficient (Wildman–Crippen LogP) is 4.40. The minimum atomic E-state index is -0.258. The predicted molar refractivity (Wildman–Crippen MR) is 86.0 cm³/mol. The lowest BCUT2D eigenvalue weighted by molar-refractivity contribution is 0.144. The molecule has 1 saturated carbocycles. The van der Waals surface area contributed by atoms with Gasteiger partial charge in [0.15, 0.2) is 0 Å². The fourth-order valence-electron chi connectivity index (χ4n) is 4.28. The van der Waals surface area contributed by atoms with Crippen molar-refractivity contribution in [2.45, 2.75) is 57.9 Å². The number of rotatable bonds is 2. The molecule has 2 fully saturated rings. The first-order valence-electron chi connectivity index (χ1n) is 8.40. The molecular formula is C18H27FN2. The zero-order chi connectivity index (χ0) is 14.9. The second kappa shape index (κ2) is 5.96. The second-order valence-electron chi connectivity index (χ2n) is 7.01. The Morgan fingerprint density at radius 2 is 1.76 bits per heavy atom. The minimum Gasteiger partial charge on any atom is -0.371 e. The van der Waals surface area contributed by atoms with Crippen LogP contribution in [0.5, 0.6) is 0 Å². The summed E-state index contributed by atoms with van der Waals surface area (Å²) in [5, 5.41) is 0. The summed E-state index contributed by atoms with van der Waals surface area (Å²) in [6.07, 6.45) is 9.48. The number of benzene rings is 1. The quantitative estimate of drug-likeness (QED) is 0.875. The lowest BCUT2D eigenvalue weighted by atomic mass is 9.68. The molecule has 1 heterocycles. The van der Waals surface area contributed by atoms with E-state index in [1.165, 1.54) is 51.0 Å². The smallest absolute Gasteiger partial charge is 0.130 e. The normalized spacial score (nSPS) is 23.3. The zero-order valence-electron chi connectivity index (χ0n) is 13.1. The Balaban J connectivity index is 1.76. The Hall–Kier alpha value is -1.09. The topological polar surface area (TPSA) is 29.3 Å². The summed E-state index contributed by atoms with van der Waals surface area (Å²) in [6, 6.07) is 5.10. The van der Waals surface area contributed by atoms with E-state index in [4.69, 9.17) is 5.73 Å². The van der Waals surface area contributed by atoms with E-state index in [0.717, 1.165) is 18.8 Å². The average Bonchev–Trinajstić information content (AvgIpc) is 2.48. The van der Waals surface area contributed by atoms with Crippen molar-refractivity contribution < 1.29 is 4.39 Å². The van der Waals surface area contributed by atoms with Crippen LogP contribution in [0.4, 0.5) is 10.1 Å². The van der Waals surface area contributed by atoms with Gasteiger partial charge in [0, 0.05) is 30.4 Å². The fraction of sp³-hybridized carbons (Fsp3) is 0.667. The molecule has 1 spiro atoms. The highest BCUT2D eigenvalue weighted by molar-refractivity contribution is 5.55. The molecule has 1 aromatic rings. The van der Waals surface area contributed by atoms with Crippen LogP contribution in [0.2, 0.25) is 0 Å². The third-order valence-electron chi connectivity index (χ3n) is 5.56. The minimum absolute atomic E-state index is 0.166. The summed E-state index contributed by atoms with van der Waals surface area (Å²) in [5.41, 5.74) is 8.26. The van der Waals surface area contributed by atoms with Crippen molar-refractivity contribution >= 4 is 5.69 Å². The van der Waals surface area contributed by atoms with E-state index in [2.05, 4.69) is 4.90 Å². The summed E-state index contributed by atoms with van der Waals surface area (Å²) in [5.74, 6) is -0.166. The van der Waals surface area contributed by atoms with Crippen LogP contribution in [-0.4, -0.2) is 13.1 Å². The molecule has 2 aliphatic rings. The van der Waals surface area contributed by atoms with E-state index in [-0.39, 0.29) is 11.9 Å². The van der Waals surface area contributed by atoms with Gasteiger partial charge >= 0.3 is 0 Å². The van der Waals surface area contributed by atoms with Crippen LogP contribution >= 0.6 is 0 Å². The summed E-state index contributed by atoms with van der Waals surface area (Å²) in [4.78, 5) is 2.35. The van der Waals surface area contributed by atoms with E-state index in [1.54, 1.807) is 0 Å². The fourth-order valence-corrected chi connectivity index (χ4v) is 4.28. The lowest BCUT2D eigenvalue weighted by Gasteiger charge is -2.45. The molecule has 1 aromatic carbocycles. The molecule has 0 amide bonds. The molecule has 2 N–H and O–H groups in total. The van der Waals surface area contributed by atoms with Crippen LogP contribution in [0.3, 0.4) is 0 Å². The number of piperidine rings is 1. The Bertz CT molecular complexity index is 482. The number of hydrogen-bond donors (Lipinski definition) is 1. The monoisotopic (exact) mass is 290 g/mol. The first-order chi connectivity index (χ1) is 10.1. The Morgan fingerprint density at radius 1 is 1.10 bits per heavy atom. The van der Waals surface area contributed by atoms with E-state index < -0.39 is 0 Å². The van der Waals surface area contributed by atoms with Gasteiger partial charge in [-0.1, -0.05) is 25.3 Å². The summed E-state index contributed by atoms with van der Waals surface area (Å²) in [7, 11) is 0. The highest BCUT2D eigenvalue weighted by Gasteiger charge is 2.36. The van der Waals surface area contributed by atoms with Gasteiger partial charge in [0.1, 0.15) is 5.82 Å². The number of nitrogens with two attached hydrogens (primary N) is 1.